The zero-order chi connectivity index (χ0) is 18.7. The molecule has 3 rings (SSSR count). The van der Waals surface area contributed by atoms with Gasteiger partial charge in [0.25, 0.3) is 5.91 Å². The van der Waals surface area contributed by atoms with Gasteiger partial charge in [-0.3, -0.25) is 9.48 Å². The van der Waals surface area contributed by atoms with Crippen LogP contribution >= 0.6 is 0 Å². The van der Waals surface area contributed by atoms with Crippen LogP contribution < -0.4 is 4.74 Å². The normalized spacial score (nSPS) is 10.8. The van der Waals surface area contributed by atoms with E-state index in [1.807, 2.05) is 39.2 Å². The predicted molar refractivity (Wildman–Crippen MR) is 97.8 cm³/mol. The van der Waals surface area contributed by atoms with Crippen LogP contribution in [0.15, 0.2) is 42.9 Å². The van der Waals surface area contributed by atoms with Crippen LogP contribution in [0.3, 0.4) is 0 Å². The van der Waals surface area contributed by atoms with Crippen molar-refractivity contribution in [2.24, 2.45) is 7.05 Å². The Hall–Kier alpha value is -3.09. The second-order valence-corrected chi connectivity index (χ2v) is 6.47. The second-order valence-electron chi connectivity index (χ2n) is 6.47. The van der Waals surface area contributed by atoms with Crippen molar-refractivity contribution in [2.45, 2.75) is 27.1 Å². The zero-order valence-electron chi connectivity index (χ0n) is 15.5. The molecular weight excluding hydrogens is 330 g/mol. The molecule has 7 nitrogen and oxygen atoms in total. The molecule has 0 unspecified atom stereocenters. The predicted octanol–water partition coefficient (Wildman–Crippen LogP) is 2.54. The van der Waals surface area contributed by atoms with E-state index < -0.39 is 0 Å². The lowest BCUT2D eigenvalue weighted by molar-refractivity contribution is 0.0777. The Morgan fingerprint density at radius 2 is 2.08 bits per heavy atom. The number of nitrogens with zero attached hydrogens (tertiary/aromatic N) is 5. The Morgan fingerprint density at radius 1 is 1.27 bits per heavy atom. The summed E-state index contributed by atoms with van der Waals surface area (Å²) in [5.41, 5.74) is 3.63. The average Bonchev–Trinajstić information content (AvgIpc) is 3.22. The molecule has 0 atom stereocenters. The summed E-state index contributed by atoms with van der Waals surface area (Å²) < 4.78 is 9.12. The van der Waals surface area contributed by atoms with Gasteiger partial charge in [0.05, 0.1) is 6.20 Å². The highest BCUT2D eigenvalue weighted by Gasteiger charge is 2.16. The van der Waals surface area contributed by atoms with Gasteiger partial charge in [0.2, 0.25) is 0 Å². The Morgan fingerprint density at radius 3 is 2.77 bits per heavy atom. The van der Waals surface area contributed by atoms with Crippen molar-refractivity contribution in [3.63, 3.8) is 0 Å². The largest absolute Gasteiger partial charge is 0.471 e. The minimum Gasteiger partial charge on any atom is -0.471 e. The lowest BCUT2D eigenvalue weighted by Gasteiger charge is -2.14. The summed E-state index contributed by atoms with van der Waals surface area (Å²) in [6, 6.07) is 7.73. The first-order chi connectivity index (χ1) is 12.4. The number of carbonyl (C=O) groups is 1. The topological polar surface area (TPSA) is 65.2 Å². The fourth-order valence-electron chi connectivity index (χ4n) is 2.74. The highest BCUT2D eigenvalue weighted by atomic mass is 16.5. The van der Waals surface area contributed by atoms with Crippen LogP contribution in [0.5, 0.6) is 5.75 Å². The third kappa shape index (κ3) is 4.11. The Balaban J connectivity index is 1.60. The molecule has 2 aromatic heterocycles. The summed E-state index contributed by atoms with van der Waals surface area (Å²) in [6.45, 7) is 4.79. The first-order valence-electron chi connectivity index (χ1n) is 8.39. The third-order valence-electron chi connectivity index (χ3n) is 4.07. The molecule has 2 heterocycles. The first kappa shape index (κ1) is 17.7. The van der Waals surface area contributed by atoms with E-state index in [1.165, 1.54) is 5.56 Å². The minimum absolute atomic E-state index is 0.140. The van der Waals surface area contributed by atoms with Crippen LogP contribution in [-0.2, 0) is 20.3 Å². The monoisotopic (exact) mass is 353 g/mol. The van der Waals surface area contributed by atoms with Crippen LogP contribution in [-0.4, -0.2) is 37.4 Å². The van der Waals surface area contributed by atoms with Gasteiger partial charge in [0, 0.05) is 38.6 Å². The van der Waals surface area contributed by atoms with E-state index in [9.17, 15) is 4.79 Å². The smallest absolute Gasteiger partial charge is 0.274 e. The molecule has 1 aromatic carbocycles. The van der Waals surface area contributed by atoms with Crippen molar-refractivity contribution >= 4 is 5.91 Å². The van der Waals surface area contributed by atoms with E-state index >= 15 is 0 Å². The van der Waals surface area contributed by atoms with Crippen LogP contribution in [0.4, 0.5) is 0 Å². The number of hydrogen-bond acceptors (Lipinski definition) is 4. The molecule has 0 spiro atoms. The van der Waals surface area contributed by atoms with Gasteiger partial charge in [0.15, 0.2) is 12.4 Å². The zero-order valence-corrected chi connectivity index (χ0v) is 15.5. The van der Waals surface area contributed by atoms with Gasteiger partial charge >= 0.3 is 0 Å². The fourth-order valence-corrected chi connectivity index (χ4v) is 2.74. The molecule has 0 aliphatic heterocycles. The second kappa shape index (κ2) is 7.43. The first-order valence-corrected chi connectivity index (χ1v) is 8.39. The highest BCUT2D eigenvalue weighted by molar-refractivity contribution is 5.91. The van der Waals surface area contributed by atoms with Crippen molar-refractivity contribution in [3.8, 4) is 5.75 Å². The maximum atomic E-state index is 12.5. The van der Waals surface area contributed by atoms with E-state index in [1.54, 1.807) is 39.8 Å². The number of amides is 1. The summed E-state index contributed by atoms with van der Waals surface area (Å²) in [6.07, 6.45) is 5.38. The van der Waals surface area contributed by atoms with Gasteiger partial charge < -0.3 is 9.64 Å². The van der Waals surface area contributed by atoms with E-state index in [0.29, 0.717) is 12.2 Å². The molecule has 0 bridgehead atoms. The van der Waals surface area contributed by atoms with Crippen molar-refractivity contribution in [3.05, 3.63) is 65.2 Å². The molecule has 0 radical (unpaired) electrons. The van der Waals surface area contributed by atoms with Gasteiger partial charge in [-0.2, -0.15) is 10.2 Å². The molecule has 0 aliphatic rings. The maximum absolute atomic E-state index is 12.5. The van der Waals surface area contributed by atoms with Crippen molar-refractivity contribution in [2.75, 3.05) is 7.05 Å². The summed E-state index contributed by atoms with van der Waals surface area (Å²) in [5, 5.41) is 8.43. The van der Waals surface area contributed by atoms with Crippen molar-refractivity contribution < 1.29 is 9.53 Å². The molecular formula is C19H23N5O2. The average molecular weight is 353 g/mol. The highest BCUT2D eigenvalue weighted by Crippen LogP contribution is 2.19. The van der Waals surface area contributed by atoms with E-state index in [0.717, 1.165) is 16.9 Å². The van der Waals surface area contributed by atoms with Gasteiger partial charge in [-0.05, 0) is 31.5 Å². The van der Waals surface area contributed by atoms with Gasteiger partial charge in [-0.25, -0.2) is 4.68 Å². The minimum atomic E-state index is -0.140. The van der Waals surface area contributed by atoms with Gasteiger partial charge in [-0.1, -0.05) is 17.7 Å². The third-order valence-corrected chi connectivity index (χ3v) is 4.07. The van der Waals surface area contributed by atoms with Crippen LogP contribution in [0.1, 0.15) is 27.2 Å². The fraction of sp³-hybridized carbons (Fsp3) is 0.316. The van der Waals surface area contributed by atoms with E-state index in [-0.39, 0.29) is 12.6 Å². The Labute approximate surface area is 152 Å². The molecule has 0 fully saturated rings. The van der Waals surface area contributed by atoms with Crippen LogP contribution in [0.2, 0.25) is 0 Å². The maximum Gasteiger partial charge on any atom is 0.274 e. The standard InChI is InChI=1S/C19H23N5O2/c1-14-5-6-18(15(2)9-14)26-13-24-8-7-17(21-24)19(25)22(3)11-16-10-20-23(4)12-16/h5-10,12H,11,13H2,1-4H3. The van der Waals surface area contributed by atoms with E-state index in [4.69, 9.17) is 4.74 Å². The molecule has 26 heavy (non-hydrogen) atoms. The SMILES string of the molecule is Cc1ccc(OCn2ccc(C(=O)N(C)Cc3cnn(C)c3)n2)c(C)c1. The Bertz CT molecular complexity index is 912. The number of hydrogen-bond donors (Lipinski definition) is 0. The summed E-state index contributed by atoms with van der Waals surface area (Å²) in [4.78, 5) is 14.1. The molecule has 136 valence electrons. The van der Waals surface area contributed by atoms with Crippen LogP contribution in [0, 0.1) is 13.8 Å². The van der Waals surface area contributed by atoms with Gasteiger partial charge in [0.1, 0.15) is 5.75 Å². The number of carbonyl (C=O) groups excluding carboxylic acids is 1. The molecule has 0 aliphatic carbocycles. The number of aromatic nitrogens is 4. The molecule has 7 heteroatoms. The molecule has 1 amide bonds. The van der Waals surface area contributed by atoms with E-state index in [2.05, 4.69) is 16.3 Å². The lowest BCUT2D eigenvalue weighted by Crippen LogP contribution is -2.26. The van der Waals surface area contributed by atoms with Crippen molar-refractivity contribution in [1.82, 2.24) is 24.5 Å². The summed E-state index contributed by atoms with van der Waals surface area (Å²) >= 11 is 0. The lowest BCUT2D eigenvalue weighted by atomic mass is 10.1. The summed E-state index contributed by atoms with van der Waals surface area (Å²) in [7, 11) is 3.60. The van der Waals surface area contributed by atoms with Crippen molar-refractivity contribution in [1.29, 1.82) is 0 Å². The van der Waals surface area contributed by atoms with Gasteiger partial charge in [-0.15, -0.1) is 0 Å². The number of aryl methyl sites for hydroxylation is 3. The molecule has 0 saturated heterocycles. The molecule has 0 saturated carbocycles. The number of ether oxygens (including phenoxy) is 1. The number of benzene rings is 1. The molecule has 3 aromatic rings. The quantitative estimate of drug-likeness (QED) is 0.683. The van der Waals surface area contributed by atoms with Crippen LogP contribution in [0.25, 0.3) is 0 Å². The number of rotatable bonds is 6. The Kier molecular flexibility index (Phi) is 5.06. The molecule has 0 N–H and O–H groups in total. The summed E-state index contributed by atoms with van der Waals surface area (Å²) in [5.74, 6) is 0.673.